The van der Waals surface area contributed by atoms with Crippen LogP contribution in [0.15, 0.2) is 79.0 Å². The van der Waals surface area contributed by atoms with Crippen molar-refractivity contribution >= 4 is 34.1 Å². The Labute approximate surface area is 186 Å². The van der Waals surface area contributed by atoms with Gasteiger partial charge in [0.05, 0.1) is 17.6 Å². The second kappa shape index (κ2) is 8.53. The number of halogens is 1. The van der Waals surface area contributed by atoms with Crippen LogP contribution in [0.5, 0.6) is 0 Å². The number of amides is 1. The number of nitrogens with one attached hydrogen (secondary N) is 2. The molecule has 0 saturated carbocycles. The Morgan fingerprint density at radius 1 is 1.06 bits per heavy atom. The molecule has 1 saturated heterocycles. The molecule has 1 aliphatic rings. The van der Waals surface area contributed by atoms with E-state index in [-0.39, 0.29) is 17.7 Å². The van der Waals surface area contributed by atoms with E-state index in [1.54, 1.807) is 6.20 Å². The van der Waals surface area contributed by atoms with Crippen LogP contribution in [0.1, 0.15) is 17.0 Å². The summed E-state index contributed by atoms with van der Waals surface area (Å²) in [5.41, 5.74) is 4.00. The summed E-state index contributed by atoms with van der Waals surface area (Å²) >= 11 is 6.53. The number of carbonyl (C=O) groups excluding carboxylic acids is 1. The van der Waals surface area contributed by atoms with E-state index in [2.05, 4.69) is 32.5 Å². The molecule has 6 heteroatoms. The number of rotatable bonds is 5. The average Bonchev–Trinajstić information content (AvgIpc) is 3.41. The molecule has 0 spiro atoms. The van der Waals surface area contributed by atoms with Crippen LogP contribution in [0.2, 0.25) is 5.02 Å². The van der Waals surface area contributed by atoms with E-state index in [0.29, 0.717) is 11.6 Å². The second-order valence-electron chi connectivity index (χ2n) is 8.08. The maximum atomic E-state index is 13.4. The fourth-order valence-corrected chi connectivity index (χ4v) is 4.74. The molecule has 2 N–H and O–H groups in total. The van der Waals surface area contributed by atoms with Gasteiger partial charge in [0, 0.05) is 41.6 Å². The van der Waals surface area contributed by atoms with Crippen LogP contribution in [0.3, 0.4) is 0 Å². The van der Waals surface area contributed by atoms with Gasteiger partial charge in [-0.05, 0) is 35.4 Å². The molecule has 0 aliphatic carbocycles. The topological polar surface area (TPSA) is 61.0 Å². The van der Waals surface area contributed by atoms with Gasteiger partial charge < -0.3 is 5.32 Å². The largest absolute Gasteiger partial charge is 0.326 e. The second-order valence-corrected chi connectivity index (χ2v) is 8.48. The first kappa shape index (κ1) is 19.8. The molecule has 0 bridgehead atoms. The van der Waals surface area contributed by atoms with Crippen molar-refractivity contribution in [2.75, 3.05) is 18.4 Å². The minimum Gasteiger partial charge on any atom is -0.326 e. The number of aromatic nitrogens is 2. The Morgan fingerprint density at radius 3 is 2.71 bits per heavy atom. The van der Waals surface area contributed by atoms with Gasteiger partial charge in [-0.2, -0.15) is 5.10 Å². The first-order valence-corrected chi connectivity index (χ1v) is 10.8. The van der Waals surface area contributed by atoms with Gasteiger partial charge >= 0.3 is 0 Å². The molecule has 2 unspecified atom stereocenters. The zero-order valence-corrected chi connectivity index (χ0v) is 17.7. The van der Waals surface area contributed by atoms with Crippen molar-refractivity contribution in [1.29, 1.82) is 0 Å². The quantitative estimate of drug-likeness (QED) is 0.464. The first-order valence-electron chi connectivity index (χ1n) is 10.4. The average molecular weight is 431 g/mol. The number of anilines is 1. The normalized spacial score (nSPS) is 19.0. The molecule has 31 heavy (non-hydrogen) atoms. The molecule has 5 rings (SSSR count). The maximum Gasteiger partial charge on any atom is 0.229 e. The van der Waals surface area contributed by atoms with E-state index in [4.69, 9.17) is 11.6 Å². The monoisotopic (exact) mass is 430 g/mol. The highest BCUT2D eigenvalue weighted by Crippen LogP contribution is 2.37. The summed E-state index contributed by atoms with van der Waals surface area (Å²) in [7, 11) is 0. The fraction of sp³-hybridized carbons (Fsp3) is 0.200. The predicted octanol–water partition coefficient (Wildman–Crippen LogP) is 5.07. The number of carbonyl (C=O) groups is 1. The number of likely N-dealkylation sites (tertiary alicyclic amines) is 1. The van der Waals surface area contributed by atoms with Gasteiger partial charge in [0.25, 0.3) is 0 Å². The van der Waals surface area contributed by atoms with Crippen LogP contribution in [-0.4, -0.2) is 34.1 Å². The number of hydrogen-bond acceptors (Lipinski definition) is 3. The summed E-state index contributed by atoms with van der Waals surface area (Å²) in [6, 6.07) is 24.0. The Morgan fingerprint density at radius 2 is 1.87 bits per heavy atom. The summed E-state index contributed by atoms with van der Waals surface area (Å²) in [6.07, 6.45) is 1.76. The lowest BCUT2D eigenvalue weighted by atomic mass is 9.88. The molecule has 3 aromatic carbocycles. The molecule has 1 amide bonds. The lowest BCUT2D eigenvalue weighted by molar-refractivity contribution is -0.119. The maximum absolute atomic E-state index is 13.4. The van der Waals surface area contributed by atoms with Crippen molar-refractivity contribution in [3.63, 3.8) is 0 Å². The summed E-state index contributed by atoms with van der Waals surface area (Å²) in [5.74, 6) is -0.137. The zero-order valence-electron chi connectivity index (χ0n) is 17.0. The van der Waals surface area contributed by atoms with Gasteiger partial charge in [-0.25, -0.2) is 0 Å². The minimum absolute atomic E-state index is 0.0170. The third kappa shape index (κ3) is 4.20. The lowest BCUT2D eigenvalue weighted by Gasteiger charge is -2.19. The third-order valence-electron chi connectivity index (χ3n) is 5.99. The van der Waals surface area contributed by atoms with Crippen molar-refractivity contribution in [1.82, 2.24) is 15.1 Å². The molecule has 4 aromatic rings. The Kier molecular flexibility index (Phi) is 5.45. The Bertz CT molecular complexity index is 1210. The van der Waals surface area contributed by atoms with E-state index < -0.39 is 0 Å². The number of nitrogens with zero attached hydrogens (tertiary/aromatic N) is 2. The molecule has 2 atom stereocenters. The van der Waals surface area contributed by atoms with E-state index >= 15 is 0 Å². The highest BCUT2D eigenvalue weighted by molar-refractivity contribution is 6.31. The highest BCUT2D eigenvalue weighted by Gasteiger charge is 2.39. The lowest BCUT2D eigenvalue weighted by Crippen LogP contribution is -2.28. The van der Waals surface area contributed by atoms with Crippen molar-refractivity contribution in [2.24, 2.45) is 5.92 Å². The Balaban J connectivity index is 1.40. The minimum atomic E-state index is -0.191. The fourth-order valence-electron chi connectivity index (χ4n) is 4.47. The van der Waals surface area contributed by atoms with E-state index in [0.717, 1.165) is 35.2 Å². The van der Waals surface area contributed by atoms with Crippen LogP contribution >= 0.6 is 11.6 Å². The number of benzene rings is 3. The van der Waals surface area contributed by atoms with Gasteiger partial charge in [-0.15, -0.1) is 0 Å². The van der Waals surface area contributed by atoms with Crippen LogP contribution in [0.25, 0.3) is 10.9 Å². The van der Waals surface area contributed by atoms with Gasteiger partial charge in [0.1, 0.15) is 0 Å². The summed E-state index contributed by atoms with van der Waals surface area (Å²) in [4.78, 5) is 15.7. The molecule has 1 fully saturated rings. The van der Waals surface area contributed by atoms with Crippen LogP contribution in [0.4, 0.5) is 5.69 Å². The van der Waals surface area contributed by atoms with Crippen molar-refractivity contribution in [2.45, 2.75) is 12.5 Å². The molecule has 156 valence electrons. The number of hydrogen-bond donors (Lipinski definition) is 2. The van der Waals surface area contributed by atoms with Gasteiger partial charge in [0.2, 0.25) is 5.91 Å². The van der Waals surface area contributed by atoms with Crippen molar-refractivity contribution < 1.29 is 4.79 Å². The van der Waals surface area contributed by atoms with E-state index in [1.807, 2.05) is 60.7 Å². The molecular formula is C25H23ClN4O. The Hall–Kier alpha value is -3.15. The molecule has 5 nitrogen and oxygen atoms in total. The van der Waals surface area contributed by atoms with Crippen molar-refractivity contribution in [3.05, 3.63) is 95.1 Å². The van der Waals surface area contributed by atoms with E-state index in [1.165, 1.54) is 5.56 Å². The molecule has 1 aromatic heterocycles. The van der Waals surface area contributed by atoms with Crippen LogP contribution in [0, 0.1) is 5.92 Å². The zero-order chi connectivity index (χ0) is 21.2. The van der Waals surface area contributed by atoms with Crippen molar-refractivity contribution in [3.8, 4) is 0 Å². The standard InChI is InChI=1S/C25H23ClN4O/c26-23-9-5-4-8-20(23)21-15-30(14-17-6-2-1-3-7-17)16-22(21)25(31)28-19-10-11-24-18(12-19)13-27-29-24/h1-13,21-22H,14-16H2,(H,27,29)(H,28,31). The number of H-pyrrole nitrogens is 1. The van der Waals surface area contributed by atoms with Gasteiger partial charge in [-0.1, -0.05) is 60.1 Å². The van der Waals surface area contributed by atoms with Crippen LogP contribution < -0.4 is 5.32 Å². The molecular weight excluding hydrogens is 408 g/mol. The van der Waals surface area contributed by atoms with Gasteiger partial charge in [0.15, 0.2) is 0 Å². The first-order chi connectivity index (χ1) is 15.2. The molecule has 0 radical (unpaired) electrons. The summed E-state index contributed by atoms with van der Waals surface area (Å²) in [6.45, 7) is 2.29. The highest BCUT2D eigenvalue weighted by atomic mass is 35.5. The number of aromatic amines is 1. The summed E-state index contributed by atoms with van der Waals surface area (Å²) < 4.78 is 0. The SMILES string of the molecule is O=C(Nc1ccc2[nH]ncc2c1)C1CN(Cc2ccccc2)CC1c1ccccc1Cl. The summed E-state index contributed by atoms with van der Waals surface area (Å²) in [5, 5.41) is 11.8. The molecule has 2 heterocycles. The smallest absolute Gasteiger partial charge is 0.229 e. The third-order valence-corrected chi connectivity index (χ3v) is 6.34. The van der Waals surface area contributed by atoms with Gasteiger partial charge in [-0.3, -0.25) is 14.8 Å². The molecule has 1 aliphatic heterocycles. The van der Waals surface area contributed by atoms with Crippen LogP contribution in [-0.2, 0) is 11.3 Å². The number of fused-ring (bicyclic) bond motifs is 1. The van der Waals surface area contributed by atoms with E-state index in [9.17, 15) is 4.79 Å². The predicted molar refractivity (Wildman–Crippen MR) is 124 cm³/mol.